The van der Waals surface area contributed by atoms with Crippen LogP contribution in [0.2, 0.25) is 0 Å². The molecule has 5 nitrogen and oxygen atoms in total. The Hall–Kier alpha value is -1.83. The number of ether oxygens (including phenoxy) is 1. The molecule has 1 aromatic heterocycles. The topological polar surface area (TPSA) is 73.3 Å². The van der Waals surface area contributed by atoms with Gasteiger partial charge in [-0.15, -0.1) is 0 Å². The van der Waals surface area contributed by atoms with Crippen molar-refractivity contribution in [2.75, 3.05) is 19.5 Å². The van der Waals surface area contributed by atoms with Gasteiger partial charge in [0.1, 0.15) is 5.75 Å². The summed E-state index contributed by atoms with van der Waals surface area (Å²) in [7, 11) is 1.66. The second-order valence-corrected chi connectivity index (χ2v) is 8.34. The minimum Gasteiger partial charge on any atom is -0.497 e. The molecule has 7 heteroatoms. The summed E-state index contributed by atoms with van der Waals surface area (Å²) in [6, 6.07) is 14.3. The molecule has 148 valence electrons. The molecule has 0 spiro atoms. The Kier molecular flexibility index (Phi) is 7.15. The fraction of sp³-hybridized carbons (Fsp3) is 0.286. The molecule has 0 saturated heterocycles. The summed E-state index contributed by atoms with van der Waals surface area (Å²) in [5.41, 5.74) is 9.36. The van der Waals surface area contributed by atoms with Crippen LogP contribution >= 0.6 is 31.9 Å². The molecule has 3 N–H and O–H groups in total. The summed E-state index contributed by atoms with van der Waals surface area (Å²) >= 11 is 7.18. The van der Waals surface area contributed by atoms with Gasteiger partial charge in [0.2, 0.25) is 0 Å². The van der Waals surface area contributed by atoms with Crippen LogP contribution in [0, 0.1) is 0 Å². The fourth-order valence-electron chi connectivity index (χ4n) is 3.19. The highest BCUT2D eigenvalue weighted by molar-refractivity contribution is 9.10. The molecule has 1 heterocycles. The average molecular weight is 509 g/mol. The first-order valence-corrected chi connectivity index (χ1v) is 10.6. The molecule has 0 aliphatic rings. The third-order valence-electron chi connectivity index (χ3n) is 4.68. The van der Waals surface area contributed by atoms with Crippen LogP contribution < -0.4 is 10.5 Å². The number of hydrogen-bond acceptors (Lipinski definition) is 4. The fourth-order valence-corrected chi connectivity index (χ4v) is 4.09. The molecule has 0 amide bonds. The number of nitrogens with two attached hydrogens (primary N) is 1. The summed E-state index contributed by atoms with van der Waals surface area (Å²) in [5.74, 6) is 1.29. The summed E-state index contributed by atoms with van der Waals surface area (Å²) in [6.45, 7) is 0.767. The Bertz CT molecular complexity index is 926. The highest BCUT2D eigenvalue weighted by Gasteiger charge is 2.22. The molecule has 0 fully saturated rings. The predicted molar refractivity (Wildman–Crippen MR) is 119 cm³/mol. The van der Waals surface area contributed by atoms with Gasteiger partial charge in [0, 0.05) is 34.2 Å². The highest BCUT2D eigenvalue weighted by atomic mass is 79.9. The zero-order chi connectivity index (χ0) is 20.1. The molecular weight excluding hydrogens is 486 g/mol. The van der Waals surface area contributed by atoms with Crippen LogP contribution in [0.5, 0.6) is 5.75 Å². The van der Waals surface area contributed by atoms with Crippen molar-refractivity contribution in [1.82, 2.24) is 9.55 Å². The van der Waals surface area contributed by atoms with Gasteiger partial charge in [0.25, 0.3) is 0 Å². The quantitative estimate of drug-likeness (QED) is 0.460. The number of rotatable bonds is 8. The van der Waals surface area contributed by atoms with Gasteiger partial charge in [-0.3, -0.25) is 0 Å². The van der Waals surface area contributed by atoms with E-state index in [1.165, 1.54) is 5.56 Å². The van der Waals surface area contributed by atoms with E-state index in [0.717, 1.165) is 32.4 Å². The monoisotopic (exact) mass is 507 g/mol. The Labute approximate surface area is 181 Å². The lowest BCUT2D eigenvalue weighted by Crippen LogP contribution is -2.07. The first kappa shape index (κ1) is 20.9. The van der Waals surface area contributed by atoms with Crippen molar-refractivity contribution in [1.29, 1.82) is 0 Å². The molecule has 0 aliphatic heterocycles. The Balaban J connectivity index is 2.00. The van der Waals surface area contributed by atoms with E-state index in [2.05, 4.69) is 55.0 Å². The van der Waals surface area contributed by atoms with Gasteiger partial charge < -0.3 is 20.1 Å². The average Bonchev–Trinajstić information content (AvgIpc) is 3.06. The number of anilines is 1. The number of imidazole rings is 1. The first-order valence-electron chi connectivity index (χ1n) is 9.03. The number of benzene rings is 2. The van der Waals surface area contributed by atoms with E-state index in [0.29, 0.717) is 18.9 Å². The van der Waals surface area contributed by atoms with Crippen LogP contribution in [0.1, 0.15) is 29.2 Å². The number of methoxy groups -OCH3 is 1. The van der Waals surface area contributed by atoms with Crippen molar-refractivity contribution in [2.45, 2.75) is 25.3 Å². The Morgan fingerprint density at radius 1 is 1.18 bits per heavy atom. The van der Waals surface area contributed by atoms with Crippen molar-refractivity contribution < 1.29 is 9.84 Å². The number of aromatic nitrogens is 2. The summed E-state index contributed by atoms with van der Waals surface area (Å²) in [5, 5.41) is 9.12. The number of nitrogens with zero attached hydrogens (tertiary/aromatic N) is 2. The zero-order valence-electron chi connectivity index (χ0n) is 15.6. The van der Waals surface area contributed by atoms with Crippen molar-refractivity contribution >= 4 is 37.8 Å². The highest BCUT2D eigenvalue weighted by Crippen LogP contribution is 2.35. The zero-order valence-corrected chi connectivity index (χ0v) is 18.8. The van der Waals surface area contributed by atoms with Crippen molar-refractivity contribution in [3.63, 3.8) is 0 Å². The first-order chi connectivity index (χ1) is 13.5. The van der Waals surface area contributed by atoms with E-state index < -0.39 is 0 Å². The molecule has 3 aromatic rings. The van der Waals surface area contributed by atoms with Crippen molar-refractivity contribution in [3.8, 4) is 5.75 Å². The van der Waals surface area contributed by atoms with Gasteiger partial charge in [-0.25, -0.2) is 4.98 Å². The molecule has 0 bridgehead atoms. The van der Waals surface area contributed by atoms with Gasteiger partial charge in [0.15, 0.2) is 5.95 Å². The van der Waals surface area contributed by atoms with E-state index in [-0.39, 0.29) is 12.5 Å². The van der Waals surface area contributed by atoms with Crippen LogP contribution in [-0.2, 0) is 13.0 Å². The summed E-state index contributed by atoms with van der Waals surface area (Å²) in [4.78, 5) is 4.64. The predicted octanol–water partition coefficient (Wildman–Crippen LogP) is 4.76. The minimum atomic E-state index is 0.0270. The van der Waals surface area contributed by atoms with Crippen LogP contribution in [0.4, 0.5) is 5.95 Å². The third kappa shape index (κ3) is 4.96. The van der Waals surface area contributed by atoms with Crippen LogP contribution in [0.3, 0.4) is 0 Å². The molecule has 3 rings (SSSR count). The van der Waals surface area contributed by atoms with E-state index in [4.69, 9.17) is 15.6 Å². The maximum Gasteiger partial charge on any atom is 0.200 e. The van der Waals surface area contributed by atoms with Crippen molar-refractivity contribution in [2.24, 2.45) is 0 Å². The largest absolute Gasteiger partial charge is 0.497 e. The molecule has 28 heavy (non-hydrogen) atoms. The normalized spacial score (nSPS) is 12.1. The number of aliphatic hydroxyl groups is 1. The SMILES string of the molecule is COc1ccc(C(Cc2ccc(Br)cc2)c2cn(CCCO)c(N)n2)c(Br)c1. The summed E-state index contributed by atoms with van der Waals surface area (Å²) in [6.07, 6.45) is 3.42. The van der Waals surface area contributed by atoms with Gasteiger partial charge in [0.05, 0.1) is 12.8 Å². The number of hydrogen-bond donors (Lipinski definition) is 2. The minimum absolute atomic E-state index is 0.0270. The standard InChI is InChI=1S/C21H23Br2N3O2/c1-28-16-7-8-17(19(23)12-16)18(11-14-3-5-15(22)6-4-14)20-13-26(9-2-10-27)21(24)25-20/h3-8,12-13,18,27H,2,9-11H2,1H3,(H2,24,25). The molecule has 0 saturated carbocycles. The second-order valence-electron chi connectivity index (χ2n) is 6.57. The Morgan fingerprint density at radius 2 is 1.93 bits per heavy atom. The smallest absolute Gasteiger partial charge is 0.200 e. The van der Waals surface area contributed by atoms with Crippen LogP contribution in [0.15, 0.2) is 57.6 Å². The van der Waals surface area contributed by atoms with Crippen LogP contribution in [-0.4, -0.2) is 28.4 Å². The maximum atomic E-state index is 9.12. The molecule has 0 aliphatic carbocycles. The van der Waals surface area contributed by atoms with E-state index in [1.54, 1.807) is 7.11 Å². The summed E-state index contributed by atoms with van der Waals surface area (Å²) < 4.78 is 9.26. The van der Waals surface area contributed by atoms with Gasteiger partial charge in [-0.1, -0.05) is 50.1 Å². The van der Waals surface area contributed by atoms with E-state index in [1.807, 2.05) is 35.0 Å². The number of nitrogen functional groups attached to an aromatic ring is 1. The lowest BCUT2D eigenvalue weighted by molar-refractivity contribution is 0.280. The molecule has 1 atom stereocenters. The lowest BCUT2D eigenvalue weighted by atomic mass is 9.89. The number of halogens is 2. The molecule has 0 radical (unpaired) electrons. The Morgan fingerprint density at radius 3 is 2.57 bits per heavy atom. The van der Waals surface area contributed by atoms with Crippen LogP contribution in [0.25, 0.3) is 0 Å². The molecular formula is C21H23Br2N3O2. The second kappa shape index (κ2) is 9.58. The van der Waals surface area contributed by atoms with E-state index in [9.17, 15) is 0 Å². The molecule has 1 unspecified atom stereocenters. The van der Waals surface area contributed by atoms with Gasteiger partial charge in [-0.05, 0) is 48.2 Å². The lowest BCUT2D eigenvalue weighted by Gasteiger charge is -2.18. The van der Waals surface area contributed by atoms with E-state index >= 15 is 0 Å². The van der Waals surface area contributed by atoms with Gasteiger partial charge in [-0.2, -0.15) is 0 Å². The van der Waals surface area contributed by atoms with Crippen molar-refractivity contribution in [3.05, 3.63) is 74.4 Å². The number of aliphatic hydroxyl groups excluding tert-OH is 1. The number of aryl methyl sites for hydroxylation is 1. The maximum absolute atomic E-state index is 9.12. The van der Waals surface area contributed by atoms with Gasteiger partial charge >= 0.3 is 0 Å². The molecule has 2 aromatic carbocycles. The third-order valence-corrected chi connectivity index (χ3v) is 5.89.